The number of hydrogen-bond donors (Lipinski definition) is 0. The molecule has 1 heterocycles. The van der Waals surface area contributed by atoms with Gasteiger partial charge in [0.05, 0.1) is 0 Å². The third kappa shape index (κ3) is 3.35. The van der Waals surface area contributed by atoms with Crippen LogP contribution >= 0.6 is 0 Å². The van der Waals surface area contributed by atoms with Crippen LogP contribution in [0.15, 0.2) is 16.8 Å². The predicted octanol–water partition coefficient (Wildman–Crippen LogP) is 3.17. The maximum absolute atomic E-state index is 4.15. The summed E-state index contributed by atoms with van der Waals surface area (Å²) >= 11 is 0. The fourth-order valence-electron chi connectivity index (χ4n) is 1.21. The van der Waals surface area contributed by atoms with Crippen LogP contribution in [-0.2, 0) is 0 Å². The molecule has 0 bridgehead atoms. The highest BCUT2D eigenvalue weighted by Crippen LogP contribution is 2.17. The Morgan fingerprint density at radius 3 is 2.91 bits per heavy atom. The number of nitrogens with zero attached hydrogens (tertiary/aromatic N) is 1. The van der Waals surface area contributed by atoms with Crippen molar-refractivity contribution in [1.82, 2.24) is 0 Å². The summed E-state index contributed by atoms with van der Waals surface area (Å²) in [6.07, 6.45) is 8.96. The Hall–Kier alpha value is -0.590. The van der Waals surface area contributed by atoms with Gasteiger partial charge in [0.25, 0.3) is 0 Å². The van der Waals surface area contributed by atoms with Gasteiger partial charge in [0.2, 0.25) is 0 Å². The van der Waals surface area contributed by atoms with Crippen LogP contribution in [0.2, 0.25) is 0 Å². The third-order valence-electron chi connectivity index (χ3n) is 2.00. The second kappa shape index (κ2) is 4.32. The van der Waals surface area contributed by atoms with E-state index >= 15 is 0 Å². The fourth-order valence-corrected chi connectivity index (χ4v) is 1.21. The topological polar surface area (TPSA) is 12.4 Å². The van der Waals surface area contributed by atoms with E-state index in [4.69, 9.17) is 0 Å². The summed E-state index contributed by atoms with van der Waals surface area (Å²) in [5.41, 5.74) is 1.53. The minimum atomic E-state index is 0.821. The Kier molecular flexibility index (Phi) is 3.34. The molecule has 0 saturated heterocycles. The molecule has 0 spiro atoms. The summed E-state index contributed by atoms with van der Waals surface area (Å²) in [5.74, 6) is 0.821. The Labute approximate surface area is 69.2 Å². The molecule has 0 unspecified atom stereocenters. The van der Waals surface area contributed by atoms with Crippen molar-refractivity contribution in [3.05, 3.63) is 11.8 Å². The first kappa shape index (κ1) is 8.51. The van der Waals surface area contributed by atoms with Crippen LogP contribution in [0.5, 0.6) is 0 Å². The van der Waals surface area contributed by atoms with E-state index in [2.05, 4.69) is 18.8 Å². The molecule has 1 aliphatic rings. The Morgan fingerprint density at radius 2 is 2.36 bits per heavy atom. The van der Waals surface area contributed by atoms with Gasteiger partial charge in [0.15, 0.2) is 0 Å². The highest BCUT2D eigenvalue weighted by Gasteiger charge is 2.01. The molecular formula is C10H17N. The quantitative estimate of drug-likeness (QED) is 0.587. The highest BCUT2D eigenvalue weighted by atomic mass is 14.7. The van der Waals surface area contributed by atoms with Gasteiger partial charge in [-0.05, 0) is 31.6 Å². The van der Waals surface area contributed by atoms with Crippen molar-refractivity contribution in [3.63, 3.8) is 0 Å². The van der Waals surface area contributed by atoms with Gasteiger partial charge in [0.1, 0.15) is 0 Å². The van der Waals surface area contributed by atoms with E-state index in [1.807, 2.05) is 12.4 Å². The zero-order chi connectivity index (χ0) is 8.10. The van der Waals surface area contributed by atoms with Gasteiger partial charge in [-0.25, -0.2) is 0 Å². The Bertz CT molecular complexity index is 166. The molecule has 0 aliphatic carbocycles. The molecule has 0 aromatic rings. The van der Waals surface area contributed by atoms with Crippen molar-refractivity contribution in [1.29, 1.82) is 0 Å². The Morgan fingerprint density at radius 1 is 1.55 bits per heavy atom. The molecule has 1 heteroatoms. The molecule has 0 aromatic carbocycles. The first-order valence-electron chi connectivity index (χ1n) is 4.48. The van der Waals surface area contributed by atoms with Crippen molar-refractivity contribution >= 4 is 6.21 Å². The zero-order valence-corrected chi connectivity index (χ0v) is 7.51. The molecular weight excluding hydrogens is 134 g/mol. The normalized spacial score (nSPS) is 17.2. The maximum Gasteiger partial charge on any atom is 0.0255 e. The predicted molar refractivity (Wildman–Crippen MR) is 49.9 cm³/mol. The molecule has 11 heavy (non-hydrogen) atoms. The molecule has 0 saturated carbocycles. The number of aliphatic imine (C=N–C) groups is 1. The first-order chi connectivity index (χ1) is 5.29. The van der Waals surface area contributed by atoms with Crippen LogP contribution in [0.3, 0.4) is 0 Å². The molecule has 1 aliphatic heterocycles. The molecule has 1 rings (SSSR count). The van der Waals surface area contributed by atoms with E-state index in [1.165, 1.54) is 24.8 Å². The molecule has 1 nitrogen and oxygen atoms in total. The van der Waals surface area contributed by atoms with Crippen molar-refractivity contribution in [2.75, 3.05) is 0 Å². The summed E-state index contributed by atoms with van der Waals surface area (Å²) in [7, 11) is 0. The second-order valence-electron chi connectivity index (χ2n) is 3.59. The second-order valence-corrected chi connectivity index (χ2v) is 3.59. The van der Waals surface area contributed by atoms with Crippen LogP contribution in [-0.4, -0.2) is 6.21 Å². The minimum Gasteiger partial charge on any atom is -0.269 e. The van der Waals surface area contributed by atoms with Gasteiger partial charge in [-0.1, -0.05) is 19.4 Å². The largest absolute Gasteiger partial charge is 0.269 e. The standard InChI is InChI=1S/C10H17N/c1-9(2)5-6-10-4-3-7-11-8-10/h7-9H,3-6H2,1-2H3. The monoisotopic (exact) mass is 151 g/mol. The van der Waals surface area contributed by atoms with Gasteiger partial charge >= 0.3 is 0 Å². The van der Waals surface area contributed by atoms with E-state index in [9.17, 15) is 0 Å². The summed E-state index contributed by atoms with van der Waals surface area (Å²) in [6.45, 7) is 4.54. The lowest BCUT2D eigenvalue weighted by Gasteiger charge is -2.09. The van der Waals surface area contributed by atoms with Crippen molar-refractivity contribution < 1.29 is 0 Å². The van der Waals surface area contributed by atoms with Crippen LogP contribution in [0.4, 0.5) is 0 Å². The average molecular weight is 151 g/mol. The molecule has 0 radical (unpaired) electrons. The smallest absolute Gasteiger partial charge is 0.0255 e. The van der Waals surface area contributed by atoms with Crippen LogP contribution in [0.25, 0.3) is 0 Å². The van der Waals surface area contributed by atoms with E-state index in [1.54, 1.807) is 0 Å². The fraction of sp³-hybridized carbons (Fsp3) is 0.700. The van der Waals surface area contributed by atoms with E-state index in [-0.39, 0.29) is 0 Å². The van der Waals surface area contributed by atoms with Gasteiger partial charge in [-0.2, -0.15) is 0 Å². The van der Waals surface area contributed by atoms with Crippen molar-refractivity contribution in [2.45, 2.75) is 39.5 Å². The molecule has 0 aromatic heterocycles. The summed E-state index contributed by atoms with van der Waals surface area (Å²) in [4.78, 5) is 4.15. The Balaban J connectivity index is 2.25. The molecule has 0 amide bonds. The van der Waals surface area contributed by atoms with Crippen molar-refractivity contribution in [2.24, 2.45) is 10.9 Å². The van der Waals surface area contributed by atoms with Gasteiger partial charge < -0.3 is 0 Å². The maximum atomic E-state index is 4.15. The average Bonchev–Trinajstić information content (AvgIpc) is 2.03. The van der Waals surface area contributed by atoms with E-state index in [0.717, 1.165) is 12.3 Å². The number of hydrogen-bond acceptors (Lipinski definition) is 1. The van der Waals surface area contributed by atoms with Crippen LogP contribution < -0.4 is 0 Å². The molecule has 0 N–H and O–H groups in total. The van der Waals surface area contributed by atoms with E-state index in [0.29, 0.717) is 0 Å². The lowest BCUT2D eigenvalue weighted by atomic mass is 10.00. The summed E-state index contributed by atoms with van der Waals surface area (Å²) < 4.78 is 0. The zero-order valence-electron chi connectivity index (χ0n) is 7.51. The van der Waals surface area contributed by atoms with Crippen LogP contribution in [0.1, 0.15) is 39.5 Å². The molecule has 0 atom stereocenters. The SMILES string of the molecule is CC(C)CCC1=CN=CCC1. The van der Waals surface area contributed by atoms with Gasteiger partial charge in [0, 0.05) is 12.4 Å². The number of rotatable bonds is 3. The minimum absolute atomic E-state index is 0.821. The van der Waals surface area contributed by atoms with Crippen molar-refractivity contribution in [3.8, 4) is 0 Å². The van der Waals surface area contributed by atoms with Gasteiger partial charge in [-0.3, -0.25) is 4.99 Å². The third-order valence-corrected chi connectivity index (χ3v) is 2.00. The van der Waals surface area contributed by atoms with Crippen LogP contribution in [0, 0.1) is 5.92 Å². The highest BCUT2D eigenvalue weighted by molar-refractivity contribution is 5.60. The summed E-state index contributed by atoms with van der Waals surface area (Å²) in [6, 6.07) is 0. The summed E-state index contributed by atoms with van der Waals surface area (Å²) in [5, 5.41) is 0. The van der Waals surface area contributed by atoms with Gasteiger partial charge in [-0.15, -0.1) is 0 Å². The molecule has 0 fully saturated rings. The lowest BCUT2D eigenvalue weighted by molar-refractivity contribution is 0.577. The van der Waals surface area contributed by atoms with E-state index < -0.39 is 0 Å². The lowest BCUT2D eigenvalue weighted by Crippen LogP contribution is -1.93. The molecule has 62 valence electrons. The number of allylic oxidation sites excluding steroid dienone is 1. The first-order valence-corrected chi connectivity index (χ1v) is 4.48.